The smallest absolute Gasteiger partial charge is 0.191 e. The van der Waals surface area contributed by atoms with Crippen molar-refractivity contribution in [2.75, 3.05) is 52.6 Å². The maximum Gasteiger partial charge on any atom is 0.191 e. The fourth-order valence-corrected chi connectivity index (χ4v) is 3.57. The second-order valence-electron chi connectivity index (χ2n) is 7.03. The van der Waals surface area contributed by atoms with Crippen LogP contribution in [0.4, 0.5) is 0 Å². The highest BCUT2D eigenvalue weighted by Crippen LogP contribution is 2.38. The summed E-state index contributed by atoms with van der Waals surface area (Å²) in [7, 11) is 0. The van der Waals surface area contributed by atoms with Crippen molar-refractivity contribution >= 4 is 17.6 Å². The summed E-state index contributed by atoms with van der Waals surface area (Å²) >= 11 is 6.38. The van der Waals surface area contributed by atoms with E-state index in [9.17, 15) is 0 Å². The van der Waals surface area contributed by atoms with E-state index in [1.54, 1.807) is 0 Å². The Labute approximate surface area is 172 Å². The lowest BCUT2D eigenvalue weighted by molar-refractivity contribution is 0.0211. The van der Waals surface area contributed by atoms with Crippen molar-refractivity contribution in [2.24, 2.45) is 4.99 Å². The first-order chi connectivity index (χ1) is 13.7. The van der Waals surface area contributed by atoms with Gasteiger partial charge in [-0.2, -0.15) is 0 Å². The van der Waals surface area contributed by atoms with E-state index in [-0.39, 0.29) is 0 Å². The Balaban J connectivity index is 1.60. The zero-order valence-electron chi connectivity index (χ0n) is 16.8. The SMILES string of the molecule is CCNC(=NCc1cc(Cl)c2c(c1)OCCCO2)NCC(C)N1CCOCC1. The Hall–Kier alpha value is -1.70. The topological polar surface area (TPSA) is 67.4 Å². The minimum atomic E-state index is 0.417. The molecule has 2 aliphatic rings. The molecule has 0 aromatic heterocycles. The van der Waals surface area contributed by atoms with Crippen LogP contribution in [0.15, 0.2) is 17.1 Å². The molecule has 0 spiro atoms. The summed E-state index contributed by atoms with van der Waals surface area (Å²) in [5, 5.41) is 7.32. The molecule has 2 N–H and O–H groups in total. The first-order valence-corrected chi connectivity index (χ1v) is 10.5. The van der Waals surface area contributed by atoms with Crippen LogP contribution in [0.25, 0.3) is 0 Å². The van der Waals surface area contributed by atoms with Crippen LogP contribution in [0.3, 0.4) is 0 Å². The Bertz CT molecular complexity index is 665. The second-order valence-corrected chi connectivity index (χ2v) is 7.44. The molecule has 1 fully saturated rings. The van der Waals surface area contributed by atoms with Gasteiger partial charge in [-0.3, -0.25) is 4.90 Å². The number of halogens is 1. The molecule has 1 atom stereocenters. The zero-order chi connectivity index (χ0) is 19.8. The zero-order valence-corrected chi connectivity index (χ0v) is 17.6. The number of aliphatic imine (C=N–C) groups is 1. The minimum absolute atomic E-state index is 0.417. The monoisotopic (exact) mass is 410 g/mol. The molecule has 3 rings (SSSR count). The number of nitrogens with one attached hydrogen (secondary N) is 2. The third kappa shape index (κ3) is 5.90. The molecular weight excluding hydrogens is 380 g/mol. The van der Waals surface area contributed by atoms with Crippen LogP contribution in [0.5, 0.6) is 11.5 Å². The van der Waals surface area contributed by atoms with Gasteiger partial charge in [0.1, 0.15) is 0 Å². The van der Waals surface area contributed by atoms with Crippen LogP contribution < -0.4 is 20.1 Å². The van der Waals surface area contributed by atoms with Crippen molar-refractivity contribution in [3.63, 3.8) is 0 Å². The Morgan fingerprint density at radius 3 is 2.75 bits per heavy atom. The van der Waals surface area contributed by atoms with Gasteiger partial charge in [0.2, 0.25) is 0 Å². The average molecular weight is 411 g/mol. The number of ether oxygens (including phenoxy) is 3. The van der Waals surface area contributed by atoms with Gasteiger partial charge >= 0.3 is 0 Å². The highest BCUT2D eigenvalue weighted by atomic mass is 35.5. The molecule has 1 unspecified atom stereocenters. The highest BCUT2D eigenvalue weighted by Gasteiger charge is 2.18. The summed E-state index contributed by atoms with van der Waals surface area (Å²) in [6, 6.07) is 4.29. The third-order valence-corrected chi connectivity index (χ3v) is 5.14. The van der Waals surface area contributed by atoms with Crippen molar-refractivity contribution in [3.8, 4) is 11.5 Å². The van der Waals surface area contributed by atoms with Crippen LogP contribution in [0.1, 0.15) is 25.8 Å². The van der Waals surface area contributed by atoms with Gasteiger partial charge in [-0.1, -0.05) is 11.6 Å². The molecular formula is C20H31ClN4O3. The molecule has 1 aromatic carbocycles. The second kappa shape index (κ2) is 10.7. The van der Waals surface area contributed by atoms with Crippen molar-refractivity contribution in [1.82, 2.24) is 15.5 Å². The molecule has 0 aliphatic carbocycles. The number of hydrogen-bond donors (Lipinski definition) is 2. The quantitative estimate of drug-likeness (QED) is 0.554. The summed E-state index contributed by atoms with van der Waals surface area (Å²) in [6.45, 7) is 11.3. The fraction of sp³-hybridized carbons (Fsp3) is 0.650. The first kappa shape index (κ1) is 21.0. The van der Waals surface area contributed by atoms with E-state index in [0.717, 1.165) is 57.3 Å². The number of guanidine groups is 1. The molecule has 1 aromatic rings. The van der Waals surface area contributed by atoms with Crippen LogP contribution >= 0.6 is 11.6 Å². The van der Waals surface area contributed by atoms with Gasteiger partial charge in [-0.25, -0.2) is 4.99 Å². The van der Waals surface area contributed by atoms with Gasteiger partial charge in [0.05, 0.1) is 38.0 Å². The van der Waals surface area contributed by atoms with E-state index in [2.05, 4.69) is 29.4 Å². The van der Waals surface area contributed by atoms with Gasteiger partial charge in [0.15, 0.2) is 17.5 Å². The lowest BCUT2D eigenvalue weighted by Gasteiger charge is -2.32. The van der Waals surface area contributed by atoms with E-state index in [1.807, 2.05) is 12.1 Å². The lowest BCUT2D eigenvalue weighted by Crippen LogP contribution is -2.49. The van der Waals surface area contributed by atoms with Crippen molar-refractivity contribution in [1.29, 1.82) is 0 Å². The van der Waals surface area contributed by atoms with E-state index < -0.39 is 0 Å². The van der Waals surface area contributed by atoms with E-state index >= 15 is 0 Å². The first-order valence-electron chi connectivity index (χ1n) is 10.1. The minimum Gasteiger partial charge on any atom is -0.489 e. The molecule has 0 radical (unpaired) electrons. The molecule has 28 heavy (non-hydrogen) atoms. The van der Waals surface area contributed by atoms with Gasteiger partial charge in [-0.05, 0) is 31.5 Å². The van der Waals surface area contributed by atoms with Gasteiger partial charge in [-0.15, -0.1) is 0 Å². The van der Waals surface area contributed by atoms with Crippen molar-refractivity contribution < 1.29 is 14.2 Å². The largest absolute Gasteiger partial charge is 0.489 e. The number of morpholine rings is 1. The highest BCUT2D eigenvalue weighted by molar-refractivity contribution is 6.32. The summed E-state index contributed by atoms with van der Waals surface area (Å²) in [5.41, 5.74) is 0.993. The van der Waals surface area contributed by atoms with E-state index in [4.69, 9.17) is 30.8 Å². The summed E-state index contributed by atoms with van der Waals surface area (Å²) in [5.74, 6) is 2.14. The standard InChI is InChI=1S/C20H31ClN4O3/c1-3-22-20(23-13-15(2)25-5-9-26-10-6-25)24-14-16-11-17(21)19-18(12-16)27-7-4-8-28-19/h11-12,15H,3-10,13-14H2,1-2H3,(H2,22,23,24). The van der Waals surface area contributed by atoms with E-state index in [1.165, 1.54) is 0 Å². The van der Waals surface area contributed by atoms with Gasteiger partial charge in [0.25, 0.3) is 0 Å². The number of benzene rings is 1. The molecule has 0 bridgehead atoms. The molecule has 156 valence electrons. The predicted octanol–water partition coefficient (Wildman–Crippen LogP) is 2.28. The number of fused-ring (bicyclic) bond motifs is 1. The Kier molecular flexibility index (Phi) is 8.06. The Morgan fingerprint density at radius 2 is 1.96 bits per heavy atom. The molecule has 1 saturated heterocycles. The molecule has 0 saturated carbocycles. The average Bonchev–Trinajstić information content (AvgIpc) is 2.96. The van der Waals surface area contributed by atoms with E-state index in [0.29, 0.717) is 42.3 Å². The lowest BCUT2D eigenvalue weighted by atomic mass is 10.2. The molecule has 7 nitrogen and oxygen atoms in total. The van der Waals surface area contributed by atoms with Gasteiger partial charge in [0, 0.05) is 38.6 Å². The Morgan fingerprint density at radius 1 is 1.18 bits per heavy atom. The maximum atomic E-state index is 6.38. The summed E-state index contributed by atoms with van der Waals surface area (Å²) < 4.78 is 16.9. The molecule has 8 heteroatoms. The summed E-state index contributed by atoms with van der Waals surface area (Å²) in [4.78, 5) is 7.14. The van der Waals surface area contributed by atoms with Crippen molar-refractivity contribution in [2.45, 2.75) is 32.9 Å². The molecule has 0 amide bonds. The van der Waals surface area contributed by atoms with Crippen LogP contribution in [0, 0.1) is 0 Å². The van der Waals surface area contributed by atoms with Gasteiger partial charge < -0.3 is 24.8 Å². The predicted molar refractivity (Wildman–Crippen MR) is 112 cm³/mol. The molecule has 2 heterocycles. The van der Waals surface area contributed by atoms with Crippen LogP contribution in [0.2, 0.25) is 5.02 Å². The number of hydrogen-bond acceptors (Lipinski definition) is 5. The summed E-state index contributed by atoms with van der Waals surface area (Å²) in [6.07, 6.45) is 0.855. The van der Waals surface area contributed by atoms with Crippen molar-refractivity contribution in [3.05, 3.63) is 22.7 Å². The number of nitrogens with zero attached hydrogens (tertiary/aromatic N) is 2. The van der Waals surface area contributed by atoms with Crippen LogP contribution in [-0.2, 0) is 11.3 Å². The number of rotatable bonds is 6. The maximum absolute atomic E-state index is 6.38. The fourth-order valence-electron chi connectivity index (χ4n) is 3.28. The normalized spacial score (nSPS) is 19.0. The third-order valence-electron chi connectivity index (χ3n) is 4.86. The van der Waals surface area contributed by atoms with Crippen LogP contribution in [-0.4, -0.2) is 69.5 Å². The molecule has 2 aliphatic heterocycles.